The van der Waals surface area contributed by atoms with Crippen LogP contribution >= 0.6 is 0 Å². The van der Waals surface area contributed by atoms with E-state index in [2.05, 4.69) is 21.1 Å². The number of ether oxygens (including phenoxy) is 1. The number of nitrogens with one attached hydrogen (secondary N) is 1. The second-order valence-corrected chi connectivity index (χ2v) is 4.37. The van der Waals surface area contributed by atoms with Crippen molar-refractivity contribution in [2.75, 3.05) is 18.5 Å². The van der Waals surface area contributed by atoms with Crippen LogP contribution in [0.5, 0.6) is 0 Å². The maximum Gasteiger partial charge on any atom is 0.203 e. The number of nitrogens with zero attached hydrogens (tertiary/aromatic N) is 2. The molecule has 0 atom stereocenters. The molecule has 1 fully saturated rings. The molecule has 90 valence electrons. The second kappa shape index (κ2) is 5.34. The van der Waals surface area contributed by atoms with E-state index in [4.69, 9.17) is 4.74 Å². The van der Waals surface area contributed by atoms with Gasteiger partial charge in [-0.15, -0.1) is 0 Å². The molecule has 1 heterocycles. The third-order valence-corrected chi connectivity index (χ3v) is 2.70. The highest BCUT2D eigenvalue weighted by molar-refractivity contribution is 5.32. The minimum atomic E-state index is 0.660. The van der Waals surface area contributed by atoms with E-state index in [-0.39, 0.29) is 0 Å². The van der Waals surface area contributed by atoms with Crippen molar-refractivity contribution in [2.24, 2.45) is 0 Å². The van der Waals surface area contributed by atoms with Gasteiger partial charge in [-0.2, -0.15) is 0 Å². The topological polar surface area (TPSA) is 39.1 Å². The fraction of sp³-hybridized carbons (Fsp3) is 0.750. The molecule has 1 aromatic heterocycles. The summed E-state index contributed by atoms with van der Waals surface area (Å²) < 4.78 is 7.54. The Labute approximate surface area is 97.0 Å². The van der Waals surface area contributed by atoms with Gasteiger partial charge in [0.2, 0.25) is 5.95 Å². The second-order valence-electron chi connectivity index (χ2n) is 4.37. The van der Waals surface area contributed by atoms with E-state index in [1.807, 2.05) is 13.8 Å². The lowest BCUT2D eigenvalue weighted by Crippen LogP contribution is -2.10. The number of imidazole rings is 1. The molecule has 0 spiro atoms. The fourth-order valence-electron chi connectivity index (χ4n) is 1.72. The van der Waals surface area contributed by atoms with Gasteiger partial charge in [0, 0.05) is 32.0 Å². The SMILES string of the molecule is CCOCCCn1cc(C)nc1NC1CC1. The van der Waals surface area contributed by atoms with Gasteiger partial charge in [-0.1, -0.05) is 0 Å². The first-order valence-corrected chi connectivity index (χ1v) is 6.17. The Bertz CT molecular complexity index is 331. The van der Waals surface area contributed by atoms with Gasteiger partial charge >= 0.3 is 0 Å². The van der Waals surface area contributed by atoms with Crippen LogP contribution in [0.1, 0.15) is 31.9 Å². The van der Waals surface area contributed by atoms with E-state index < -0.39 is 0 Å². The van der Waals surface area contributed by atoms with E-state index in [1.165, 1.54) is 12.8 Å². The summed E-state index contributed by atoms with van der Waals surface area (Å²) in [5.41, 5.74) is 1.08. The summed E-state index contributed by atoms with van der Waals surface area (Å²) in [6.07, 6.45) is 5.72. The molecule has 0 aliphatic heterocycles. The normalized spacial score (nSPS) is 15.4. The van der Waals surface area contributed by atoms with Crippen molar-refractivity contribution >= 4 is 5.95 Å². The third kappa shape index (κ3) is 3.23. The van der Waals surface area contributed by atoms with Gasteiger partial charge in [0.1, 0.15) is 0 Å². The van der Waals surface area contributed by atoms with Crippen molar-refractivity contribution in [3.63, 3.8) is 0 Å². The van der Waals surface area contributed by atoms with Gasteiger partial charge in [-0.3, -0.25) is 0 Å². The van der Waals surface area contributed by atoms with E-state index in [0.717, 1.165) is 37.8 Å². The number of anilines is 1. The van der Waals surface area contributed by atoms with Crippen molar-refractivity contribution in [2.45, 2.75) is 45.7 Å². The van der Waals surface area contributed by atoms with Crippen LogP contribution in [0.4, 0.5) is 5.95 Å². The molecule has 1 saturated carbocycles. The molecular formula is C12H21N3O. The highest BCUT2D eigenvalue weighted by atomic mass is 16.5. The number of rotatable bonds is 7. The molecule has 0 unspecified atom stereocenters. The van der Waals surface area contributed by atoms with E-state index in [1.54, 1.807) is 0 Å². The van der Waals surface area contributed by atoms with Gasteiger partial charge < -0.3 is 14.6 Å². The summed E-state index contributed by atoms with van der Waals surface area (Å²) in [4.78, 5) is 4.50. The molecule has 2 rings (SSSR count). The highest BCUT2D eigenvalue weighted by Crippen LogP contribution is 2.24. The zero-order valence-electron chi connectivity index (χ0n) is 10.2. The lowest BCUT2D eigenvalue weighted by molar-refractivity contribution is 0.142. The van der Waals surface area contributed by atoms with E-state index in [9.17, 15) is 0 Å². The molecule has 0 aromatic carbocycles. The quantitative estimate of drug-likeness (QED) is 0.720. The summed E-state index contributed by atoms with van der Waals surface area (Å²) in [5.74, 6) is 1.02. The maximum absolute atomic E-state index is 5.34. The van der Waals surface area contributed by atoms with Crippen LogP contribution in [0.15, 0.2) is 6.20 Å². The largest absolute Gasteiger partial charge is 0.382 e. The molecule has 0 bridgehead atoms. The third-order valence-electron chi connectivity index (χ3n) is 2.70. The Morgan fingerprint density at radius 2 is 2.38 bits per heavy atom. The zero-order valence-corrected chi connectivity index (χ0v) is 10.2. The molecule has 4 heteroatoms. The van der Waals surface area contributed by atoms with Crippen LogP contribution in [0.25, 0.3) is 0 Å². The minimum Gasteiger partial charge on any atom is -0.382 e. The molecule has 0 radical (unpaired) electrons. The molecule has 1 aliphatic rings. The molecular weight excluding hydrogens is 202 g/mol. The van der Waals surface area contributed by atoms with Crippen LogP contribution in [-0.4, -0.2) is 28.8 Å². The standard InChI is InChI=1S/C12H21N3O/c1-3-16-8-4-7-15-9-10(2)13-12(15)14-11-5-6-11/h9,11H,3-8H2,1-2H3,(H,13,14). The van der Waals surface area contributed by atoms with Crippen molar-refractivity contribution < 1.29 is 4.74 Å². The van der Waals surface area contributed by atoms with Crippen LogP contribution < -0.4 is 5.32 Å². The fourth-order valence-corrected chi connectivity index (χ4v) is 1.72. The Hall–Kier alpha value is -1.03. The van der Waals surface area contributed by atoms with Crippen LogP contribution in [0.2, 0.25) is 0 Å². The minimum absolute atomic E-state index is 0.660. The van der Waals surface area contributed by atoms with Crippen molar-refractivity contribution in [1.29, 1.82) is 0 Å². The average molecular weight is 223 g/mol. The molecule has 0 amide bonds. The molecule has 16 heavy (non-hydrogen) atoms. The first kappa shape index (κ1) is 11.5. The Balaban J connectivity index is 1.85. The summed E-state index contributed by atoms with van der Waals surface area (Å²) in [5, 5.41) is 3.46. The zero-order chi connectivity index (χ0) is 11.4. The summed E-state index contributed by atoms with van der Waals surface area (Å²) >= 11 is 0. The van der Waals surface area contributed by atoms with E-state index >= 15 is 0 Å². The van der Waals surface area contributed by atoms with E-state index in [0.29, 0.717) is 6.04 Å². The summed E-state index contributed by atoms with van der Waals surface area (Å²) in [6, 6.07) is 0.660. The molecule has 1 N–H and O–H groups in total. The van der Waals surface area contributed by atoms with Gasteiger partial charge in [-0.25, -0.2) is 4.98 Å². The van der Waals surface area contributed by atoms with Gasteiger partial charge in [0.15, 0.2) is 0 Å². The predicted molar refractivity (Wildman–Crippen MR) is 64.7 cm³/mol. The average Bonchev–Trinajstić information content (AvgIpc) is 2.99. The van der Waals surface area contributed by atoms with Gasteiger partial charge in [0.25, 0.3) is 0 Å². The smallest absolute Gasteiger partial charge is 0.203 e. The monoisotopic (exact) mass is 223 g/mol. The first-order valence-electron chi connectivity index (χ1n) is 6.17. The lowest BCUT2D eigenvalue weighted by atomic mass is 10.4. The molecule has 4 nitrogen and oxygen atoms in total. The Morgan fingerprint density at radius 1 is 1.56 bits per heavy atom. The predicted octanol–water partition coefficient (Wildman–Crippen LogP) is 2.19. The van der Waals surface area contributed by atoms with Crippen molar-refractivity contribution in [3.05, 3.63) is 11.9 Å². The Morgan fingerprint density at radius 3 is 3.06 bits per heavy atom. The summed E-state index contributed by atoms with van der Waals surface area (Å²) in [7, 11) is 0. The molecule has 1 aliphatic carbocycles. The van der Waals surface area contributed by atoms with Crippen LogP contribution in [0.3, 0.4) is 0 Å². The van der Waals surface area contributed by atoms with Gasteiger partial charge in [-0.05, 0) is 33.1 Å². The van der Waals surface area contributed by atoms with Crippen LogP contribution in [0, 0.1) is 6.92 Å². The molecule has 1 aromatic rings. The number of hydrogen-bond donors (Lipinski definition) is 1. The van der Waals surface area contributed by atoms with Crippen LogP contribution in [-0.2, 0) is 11.3 Å². The first-order chi connectivity index (χ1) is 7.79. The number of aryl methyl sites for hydroxylation is 2. The highest BCUT2D eigenvalue weighted by Gasteiger charge is 2.22. The maximum atomic E-state index is 5.34. The number of hydrogen-bond acceptors (Lipinski definition) is 3. The number of aromatic nitrogens is 2. The van der Waals surface area contributed by atoms with Crippen molar-refractivity contribution in [1.82, 2.24) is 9.55 Å². The summed E-state index contributed by atoms with van der Waals surface area (Å²) in [6.45, 7) is 6.68. The lowest BCUT2D eigenvalue weighted by Gasteiger charge is -2.08. The van der Waals surface area contributed by atoms with Gasteiger partial charge in [0.05, 0.1) is 5.69 Å². The molecule has 0 saturated heterocycles. The Kier molecular flexibility index (Phi) is 3.83. The van der Waals surface area contributed by atoms with Crippen molar-refractivity contribution in [3.8, 4) is 0 Å².